The molecule has 0 saturated carbocycles. The number of halogens is 3. The van der Waals surface area contributed by atoms with Crippen molar-refractivity contribution in [1.82, 2.24) is 24.5 Å². The maximum atomic E-state index is 12.6. The van der Waals surface area contributed by atoms with Gasteiger partial charge in [-0.15, -0.1) is 0 Å². The van der Waals surface area contributed by atoms with Crippen molar-refractivity contribution in [2.75, 3.05) is 18.4 Å². The largest absolute Gasteiger partial charge is 0.490 e. The van der Waals surface area contributed by atoms with Crippen molar-refractivity contribution >= 4 is 28.9 Å². The summed E-state index contributed by atoms with van der Waals surface area (Å²) in [7, 11) is 0. The van der Waals surface area contributed by atoms with Gasteiger partial charge in [0.15, 0.2) is 11.5 Å². The highest BCUT2D eigenvalue weighted by atomic mass is 19.4. The van der Waals surface area contributed by atoms with Crippen LogP contribution < -0.4 is 5.32 Å². The van der Waals surface area contributed by atoms with Crippen LogP contribution in [0.15, 0.2) is 73.2 Å². The van der Waals surface area contributed by atoms with Gasteiger partial charge >= 0.3 is 12.1 Å². The number of aliphatic carboxylic acids is 1. The van der Waals surface area contributed by atoms with E-state index in [1.54, 1.807) is 18.5 Å². The van der Waals surface area contributed by atoms with Crippen LogP contribution in [0.25, 0.3) is 5.65 Å². The number of fused-ring (bicyclic) bond motifs is 1. The number of alkyl halides is 3. The van der Waals surface area contributed by atoms with Crippen LogP contribution in [0.4, 0.5) is 24.5 Å². The lowest BCUT2D eigenvalue weighted by Crippen LogP contribution is -2.38. The number of rotatable bonds is 4. The molecule has 12 heteroatoms. The van der Waals surface area contributed by atoms with E-state index in [9.17, 15) is 18.0 Å². The molecular formula is C25H23F3N6O3. The third-order valence-electron chi connectivity index (χ3n) is 5.71. The minimum atomic E-state index is -5.08. The van der Waals surface area contributed by atoms with Crippen LogP contribution in [0.1, 0.15) is 34.9 Å². The molecule has 37 heavy (non-hydrogen) atoms. The Bertz CT molecular complexity index is 1350. The average Bonchev–Trinajstić information content (AvgIpc) is 3.33. The second-order valence-corrected chi connectivity index (χ2v) is 8.29. The van der Waals surface area contributed by atoms with Gasteiger partial charge in [0.1, 0.15) is 0 Å². The number of carboxylic acid groups (broad SMARTS) is 1. The molecule has 3 aromatic heterocycles. The Balaban J connectivity index is 0.000000405. The van der Waals surface area contributed by atoms with Crippen LogP contribution in [0.5, 0.6) is 0 Å². The van der Waals surface area contributed by atoms with Gasteiger partial charge in [-0.2, -0.15) is 18.3 Å². The number of nitrogens with zero attached hydrogens (tertiary/aromatic N) is 5. The maximum absolute atomic E-state index is 12.6. The number of aromatic nitrogens is 4. The Labute approximate surface area is 209 Å². The Morgan fingerprint density at radius 1 is 0.973 bits per heavy atom. The van der Waals surface area contributed by atoms with Gasteiger partial charge in [-0.05, 0) is 49.2 Å². The van der Waals surface area contributed by atoms with E-state index in [2.05, 4.69) is 10.3 Å². The fourth-order valence-electron chi connectivity index (χ4n) is 3.85. The molecule has 1 aliphatic rings. The van der Waals surface area contributed by atoms with E-state index in [1.807, 2.05) is 64.1 Å². The molecule has 5 rings (SSSR count). The van der Waals surface area contributed by atoms with Crippen molar-refractivity contribution in [3.8, 4) is 0 Å². The molecule has 4 heterocycles. The lowest BCUT2D eigenvalue weighted by molar-refractivity contribution is -0.192. The summed E-state index contributed by atoms with van der Waals surface area (Å²) in [5.41, 5.74) is 3.46. The number of amides is 1. The number of piperidine rings is 1. The van der Waals surface area contributed by atoms with Crippen molar-refractivity contribution in [2.24, 2.45) is 0 Å². The zero-order chi connectivity index (χ0) is 26.4. The molecule has 1 aliphatic heterocycles. The predicted molar refractivity (Wildman–Crippen MR) is 129 cm³/mol. The second kappa shape index (κ2) is 11.1. The highest BCUT2D eigenvalue weighted by Crippen LogP contribution is 2.27. The topological polar surface area (TPSA) is 113 Å². The SMILES string of the molecule is O=C(O)C(F)(F)F.O=C(c1cccnc1)N1CCC(c2nc3ccc(Nc4ccccc4)cn3n2)CC1. The van der Waals surface area contributed by atoms with E-state index < -0.39 is 12.1 Å². The highest BCUT2D eigenvalue weighted by molar-refractivity contribution is 5.93. The Morgan fingerprint density at radius 2 is 1.68 bits per heavy atom. The van der Waals surface area contributed by atoms with E-state index in [-0.39, 0.29) is 11.8 Å². The number of benzene rings is 1. The van der Waals surface area contributed by atoms with Crippen LogP contribution in [-0.2, 0) is 4.79 Å². The molecule has 1 amide bonds. The molecule has 192 valence electrons. The quantitative estimate of drug-likeness (QED) is 0.413. The zero-order valence-electron chi connectivity index (χ0n) is 19.5. The lowest BCUT2D eigenvalue weighted by Gasteiger charge is -2.30. The van der Waals surface area contributed by atoms with Crippen molar-refractivity contribution in [3.05, 3.63) is 84.6 Å². The van der Waals surface area contributed by atoms with E-state index >= 15 is 0 Å². The molecule has 0 spiro atoms. The van der Waals surface area contributed by atoms with Crippen LogP contribution in [0.2, 0.25) is 0 Å². The number of nitrogens with one attached hydrogen (secondary N) is 1. The van der Waals surface area contributed by atoms with Gasteiger partial charge in [-0.25, -0.2) is 14.3 Å². The normalized spacial score (nSPS) is 14.1. The molecule has 0 unspecified atom stereocenters. The monoisotopic (exact) mass is 512 g/mol. The van der Waals surface area contributed by atoms with Gasteiger partial charge in [-0.3, -0.25) is 9.78 Å². The third kappa shape index (κ3) is 6.60. The van der Waals surface area contributed by atoms with Crippen molar-refractivity contribution in [2.45, 2.75) is 24.9 Å². The number of carbonyl (C=O) groups excluding carboxylic acids is 1. The molecule has 0 bridgehead atoms. The fraction of sp³-hybridized carbons (Fsp3) is 0.240. The summed E-state index contributed by atoms with van der Waals surface area (Å²) in [6.07, 6.45) is 1.90. The first-order valence-corrected chi connectivity index (χ1v) is 11.4. The fourth-order valence-corrected chi connectivity index (χ4v) is 3.85. The van der Waals surface area contributed by atoms with Gasteiger partial charge in [0.05, 0.1) is 17.4 Å². The number of anilines is 2. The molecule has 0 aliphatic carbocycles. The zero-order valence-corrected chi connectivity index (χ0v) is 19.5. The first kappa shape index (κ1) is 25.6. The number of hydrogen-bond donors (Lipinski definition) is 2. The van der Waals surface area contributed by atoms with E-state index in [0.717, 1.165) is 35.7 Å². The summed E-state index contributed by atoms with van der Waals surface area (Å²) in [5.74, 6) is -1.61. The summed E-state index contributed by atoms with van der Waals surface area (Å²) in [6.45, 7) is 1.41. The number of pyridine rings is 2. The maximum Gasteiger partial charge on any atom is 0.490 e. The standard InChI is InChI=1S/C23H22N6O.C2HF3O2/c30-23(18-5-4-12-24-15-18)28-13-10-17(11-14-28)22-26-21-9-8-20(16-29(21)27-22)25-19-6-2-1-3-7-19;3-2(4,5)1(6)7/h1-9,12,15-17,25H,10-11,13-14H2;(H,6,7). The molecule has 4 aromatic rings. The van der Waals surface area contributed by atoms with Gasteiger partial charge in [0.25, 0.3) is 5.91 Å². The van der Waals surface area contributed by atoms with Gasteiger partial charge in [0.2, 0.25) is 0 Å². The minimum Gasteiger partial charge on any atom is -0.475 e. The van der Waals surface area contributed by atoms with Gasteiger partial charge in [0, 0.05) is 37.1 Å². The molecule has 0 radical (unpaired) electrons. The predicted octanol–water partition coefficient (Wildman–Crippen LogP) is 4.52. The summed E-state index contributed by atoms with van der Waals surface area (Å²) in [5, 5.41) is 15.2. The van der Waals surface area contributed by atoms with Crippen molar-refractivity contribution in [3.63, 3.8) is 0 Å². The number of carboxylic acids is 1. The second-order valence-electron chi connectivity index (χ2n) is 8.29. The number of para-hydroxylation sites is 1. The van der Waals surface area contributed by atoms with Crippen molar-refractivity contribution < 1.29 is 27.9 Å². The highest BCUT2D eigenvalue weighted by Gasteiger charge is 2.38. The van der Waals surface area contributed by atoms with Crippen LogP contribution in [-0.4, -0.2) is 60.7 Å². The molecule has 1 saturated heterocycles. The summed E-state index contributed by atoms with van der Waals surface area (Å²) in [4.78, 5) is 32.2. The number of carbonyl (C=O) groups is 2. The van der Waals surface area contributed by atoms with Crippen molar-refractivity contribution in [1.29, 1.82) is 0 Å². The molecule has 9 nitrogen and oxygen atoms in total. The average molecular weight is 512 g/mol. The van der Waals surface area contributed by atoms with Crippen LogP contribution >= 0.6 is 0 Å². The summed E-state index contributed by atoms with van der Waals surface area (Å²) < 4.78 is 33.6. The summed E-state index contributed by atoms with van der Waals surface area (Å²) >= 11 is 0. The Kier molecular flexibility index (Phi) is 7.66. The van der Waals surface area contributed by atoms with E-state index in [1.165, 1.54) is 0 Å². The molecular weight excluding hydrogens is 489 g/mol. The third-order valence-corrected chi connectivity index (χ3v) is 5.71. The molecule has 0 atom stereocenters. The number of hydrogen-bond acceptors (Lipinski definition) is 6. The smallest absolute Gasteiger partial charge is 0.475 e. The Hall–Kier alpha value is -4.48. The van der Waals surface area contributed by atoms with E-state index in [0.29, 0.717) is 18.7 Å². The van der Waals surface area contributed by atoms with Crippen LogP contribution in [0, 0.1) is 0 Å². The first-order valence-electron chi connectivity index (χ1n) is 11.4. The summed E-state index contributed by atoms with van der Waals surface area (Å²) in [6, 6.07) is 17.6. The first-order chi connectivity index (χ1) is 17.7. The Morgan fingerprint density at radius 3 is 2.30 bits per heavy atom. The van der Waals surface area contributed by atoms with Gasteiger partial charge in [-0.1, -0.05) is 18.2 Å². The van der Waals surface area contributed by atoms with Gasteiger partial charge < -0.3 is 15.3 Å². The van der Waals surface area contributed by atoms with Crippen LogP contribution in [0.3, 0.4) is 0 Å². The molecule has 2 N–H and O–H groups in total. The lowest BCUT2D eigenvalue weighted by atomic mass is 9.96. The molecule has 1 fully saturated rings. The number of likely N-dealkylation sites (tertiary alicyclic amines) is 1. The molecule has 1 aromatic carbocycles. The van der Waals surface area contributed by atoms with E-state index in [4.69, 9.17) is 20.0 Å². The minimum absolute atomic E-state index is 0.0427.